The van der Waals surface area contributed by atoms with Gasteiger partial charge in [-0.05, 0) is 18.9 Å². The zero-order valence-corrected chi connectivity index (χ0v) is 8.36. The molecule has 4 nitrogen and oxygen atoms in total. The second-order valence-corrected chi connectivity index (χ2v) is 3.33. The molecule has 14 heavy (non-hydrogen) atoms. The number of hydrogen-bond acceptors (Lipinski definition) is 3. The Kier molecular flexibility index (Phi) is 3.19. The lowest BCUT2D eigenvalue weighted by Gasteiger charge is -2.09. The van der Waals surface area contributed by atoms with Crippen LogP contribution in [0.3, 0.4) is 0 Å². The van der Waals surface area contributed by atoms with Crippen molar-refractivity contribution in [2.45, 2.75) is 26.3 Å². The molecule has 1 atom stereocenters. The minimum atomic E-state index is -0.377. The number of nitrogens with two attached hydrogens (primary N) is 1. The molecule has 0 radical (unpaired) electrons. The third-order valence-corrected chi connectivity index (χ3v) is 2.22. The second kappa shape index (κ2) is 4.19. The molecule has 0 aliphatic heterocycles. The van der Waals surface area contributed by atoms with Crippen LogP contribution < -0.4 is 5.73 Å². The van der Waals surface area contributed by atoms with Crippen LogP contribution in [0.2, 0.25) is 0 Å². The molecule has 0 aliphatic carbocycles. The molecule has 1 rings (SSSR count). The lowest BCUT2D eigenvalue weighted by Crippen LogP contribution is -2.11. The highest BCUT2D eigenvalue weighted by atomic mass is 16.6. The number of aryl methyl sites for hydroxylation is 1. The Morgan fingerprint density at radius 3 is 2.71 bits per heavy atom. The van der Waals surface area contributed by atoms with Gasteiger partial charge in [0.05, 0.1) is 4.92 Å². The van der Waals surface area contributed by atoms with Crippen LogP contribution in [-0.4, -0.2) is 4.92 Å². The van der Waals surface area contributed by atoms with Crippen molar-refractivity contribution < 1.29 is 4.92 Å². The molecule has 0 bridgehead atoms. The maximum absolute atomic E-state index is 10.7. The van der Waals surface area contributed by atoms with Crippen LogP contribution in [-0.2, 0) is 0 Å². The summed E-state index contributed by atoms with van der Waals surface area (Å²) in [6.45, 7) is 3.74. The first-order valence-electron chi connectivity index (χ1n) is 4.56. The van der Waals surface area contributed by atoms with Gasteiger partial charge in [-0.25, -0.2) is 0 Å². The smallest absolute Gasteiger partial charge is 0.274 e. The van der Waals surface area contributed by atoms with E-state index in [0.717, 1.165) is 5.56 Å². The van der Waals surface area contributed by atoms with Crippen molar-refractivity contribution in [1.29, 1.82) is 0 Å². The Morgan fingerprint density at radius 2 is 2.21 bits per heavy atom. The maximum atomic E-state index is 10.7. The molecule has 0 aromatic heterocycles. The number of hydrogen-bond donors (Lipinski definition) is 1. The van der Waals surface area contributed by atoms with Crippen molar-refractivity contribution in [2.24, 2.45) is 5.73 Å². The fraction of sp³-hybridized carbons (Fsp3) is 0.400. The van der Waals surface area contributed by atoms with Crippen LogP contribution in [0.25, 0.3) is 0 Å². The standard InChI is InChI=1S/C10H14N2O2/c1-3-9(11)8-5-4-7(2)6-10(8)12(13)14/h4-6,9H,3,11H2,1-2H3/t9-/m1/s1. The molecule has 0 heterocycles. The van der Waals surface area contributed by atoms with Gasteiger partial charge in [-0.15, -0.1) is 0 Å². The van der Waals surface area contributed by atoms with E-state index in [4.69, 9.17) is 5.73 Å². The molecule has 1 aromatic carbocycles. The van der Waals surface area contributed by atoms with E-state index in [1.807, 2.05) is 19.9 Å². The van der Waals surface area contributed by atoms with Crippen LogP contribution >= 0.6 is 0 Å². The number of nitro groups is 1. The minimum Gasteiger partial charge on any atom is -0.324 e. The summed E-state index contributed by atoms with van der Waals surface area (Å²) in [5.74, 6) is 0. The summed E-state index contributed by atoms with van der Waals surface area (Å²) in [6.07, 6.45) is 0.698. The minimum absolute atomic E-state index is 0.124. The van der Waals surface area contributed by atoms with E-state index in [0.29, 0.717) is 12.0 Å². The van der Waals surface area contributed by atoms with Gasteiger partial charge in [0.1, 0.15) is 0 Å². The lowest BCUT2D eigenvalue weighted by atomic mass is 10.0. The van der Waals surface area contributed by atoms with Crippen LogP contribution in [0.1, 0.15) is 30.5 Å². The van der Waals surface area contributed by atoms with Crippen molar-refractivity contribution in [3.63, 3.8) is 0 Å². The molecule has 0 spiro atoms. The van der Waals surface area contributed by atoms with Gasteiger partial charge in [-0.1, -0.05) is 19.1 Å². The quantitative estimate of drug-likeness (QED) is 0.593. The lowest BCUT2D eigenvalue weighted by molar-refractivity contribution is -0.385. The molecule has 0 saturated heterocycles. The Balaban J connectivity index is 3.21. The number of benzene rings is 1. The molecule has 1 aromatic rings. The molecular formula is C10H14N2O2. The van der Waals surface area contributed by atoms with Crippen molar-refractivity contribution in [3.05, 3.63) is 39.4 Å². The fourth-order valence-electron chi connectivity index (χ4n) is 1.35. The summed E-state index contributed by atoms with van der Waals surface area (Å²) in [5, 5.41) is 10.7. The molecule has 0 aliphatic rings. The molecule has 0 saturated carbocycles. The highest BCUT2D eigenvalue weighted by Gasteiger charge is 2.17. The molecule has 76 valence electrons. The third-order valence-electron chi connectivity index (χ3n) is 2.22. The molecule has 0 unspecified atom stereocenters. The first-order chi connectivity index (χ1) is 6.56. The third kappa shape index (κ3) is 2.09. The first-order valence-corrected chi connectivity index (χ1v) is 4.56. The largest absolute Gasteiger partial charge is 0.324 e. The Bertz CT molecular complexity index is 350. The van der Waals surface area contributed by atoms with Gasteiger partial charge < -0.3 is 5.73 Å². The van der Waals surface area contributed by atoms with Crippen molar-refractivity contribution in [2.75, 3.05) is 0 Å². The Labute approximate surface area is 82.9 Å². The maximum Gasteiger partial charge on any atom is 0.274 e. The monoisotopic (exact) mass is 194 g/mol. The topological polar surface area (TPSA) is 69.2 Å². The Hall–Kier alpha value is -1.42. The van der Waals surface area contributed by atoms with Gasteiger partial charge in [0.2, 0.25) is 0 Å². The first kappa shape index (κ1) is 10.7. The summed E-state index contributed by atoms with van der Waals surface area (Å²) in [5.41, 5.74) is 7.40. The predicted molar refractivity (Wildman–Crippen MR) is 55.1 cm³/mol. The summed E-state index contributed by atoms with van der Waals surface area (Å²) in [7, 11) is 0. The van der Waals surface area contributed by atoms with E-state index in [1.54, 1.807) is 12.1 Å². The predicted octanol–water partition coefficient (Wildman–Crippen LogP) is 2.31. The van der Waals surface area contributed by atoms with E-state index >= 15 is 0 Å². The average molecular weight is 194 g/mol. The van der Waals surface area contributed by atoms with Gasteiger partial charge in [-0.2, -0.15) is 0 Å². The van der Waals surface area contributed by atoms with Gasteiger partial charge in [-0.3, -0.25) is 10.1 Å². The van der Waals surface area contributed by atoms with Crippen LogP contribution in [0.4, 0.5) is 5.69 Å². The molecule has 0 fully saturated rings. The second-order valence-electron chi connectivity index (χ2n) is 3.33. The number of rotatable bonds is 3. The molecule has 0 amide bonds. The van der Waals surface area contributed by atoms with Crippen LogP contribution in [0, 0.1) is 17.0 Å². The van der Waals surface area contributed by atoms with Crippen molar-refractivity contribution >= 4 is 5.69 Å². The van der Waals surface area contributed by atoms with Gasteiger partial charge >= 0.3 is 0 Å². The van der Waals surface area contributed by atoms with E-state index < -0.39 is 0 Å². The van der Waals surface area contributed by atoms with E-state index in [-0.39, 0.29) is 16.7 Å². The number of nitro benzene ring substituents is 1. The van der Waals surface area contributed by atoms with E-state index in [9.17, 15) is 10.1 Å². The van der Waals surface area contributed by atoms with Gasteiger partial charge in [0, 0.05) is 17.7 Å². The van der Waals surface area contributed by atoms with E-state index in [1.165, 1.54) is 0 Å². The van der Waals surface area contributed by atoms with Gasteiger partial charge in [0.15, 0.2) is 0 Å². The zero-order valence-electron chi connectivity index (χ0n) is 8.36. The number of nitrogens with zero attached hydrogens (tertiary/aromatic N) is 1. The molecule has 2 N–H and O–H groups in total. The summed E-state index contributed by atoms with van der Waals surface area (Å²) in [4.78, 5) is 10.4. The highest BCUT2D eigenvalue weighted by Crippen LogP contribution is 2.26. The highest BCUT2D eigenvalue weighted by molar-refractivity contribution is 5.44. The van der Waals surface area contributed by atoms with E-state index in [2.05, 4.69) is 0 Å². The SMILES string of the molecule is CC[C@@H](N)c1ccc(C)cc1[N+](=O)[O-]. The normalized spacial score (nSPS) is 12.5. The summed E-state index contributed by atoms with van der Waals surface area (Å²) >= 11 is 0. The van der Waals surface area contributed by atoms with Gasteiger partial charge in [0.25, 0.3) is 5.69 Å². The van der Waals surface area contributed by atoms with Crippen LogP contribution in [0.15, 0.2) is 18.2 Å². The van der Waals surface area contributed by atoms with Crippen molar-refractivity contribution in [1.82, 2.24) is 0 Å². The summed E-state index contributed by atoms with van der Waals surface area (Å²) in [6, 6.07) is 4.89. The zero-order chi connectivity index (χ0) is 10.7. The fourth-order valence-corrected chi connectivity index (χ4v) is 1.35. The Morgan fingerprint density at radius 1 is 1.57 bits per heavy atom. The van der Waals surface area contributed by atoms with Crippen molar-refractivity contribution in [3.8, 4) is 0 Å². The summed E-state index contributed by atoms with van der Waals surface area (Å²) < 4.78 is 0. The average Bonchev–Trinajstić information content (AvgIpc) is 2.16. The molecular weight excluding hydrogens is 180 g/mol. The molecule has 4 heteroatoms. The van der Waals surface area contributed by atoms with Crippen LogP contribution in [0.5, 0.6) is 0 Å².